The van der Waals surface area contributed by atoms with Gasteiger partial charge >= 0.3 is 0 Å². The maximum absolute atomic E-state index is 12.9. The molecule has 1 rings (SSSR count). The predicted octanol–water partition coefficient (Wildman–Crippen LogP) is 2.41. The number of halogens is 2. The second kappa shape index (κ2) is 4.19. The first-order valence-electron chi connectivity index (χ1n) is 4.56. The third-order valence-corrected chi connectivity index (χ3v) is 4.75. The summed E-state index contributed by atoms with van der Waals surface area (Å²) in [7, 11) is -2.12. The molecule has 0 aliphatic carbocycles. The zero-order chi connectivity index (χ0) is 10.8. The van der Waals surface area contributed by atoms with Crippen molar-refractivity contribution in [2.45, 2.75) is 20.0 Å². The van der Waals surface area contributed by atoms with Crippen LogP contribution < -0.4 is 5.19 Å². The van der Waals surface area contributed by atoms with Crippen molar-refractivity contribution in [3.63, 3.8) is 0 Å². The van der Waals surface area contributed by atoms with Gasteiger partial charge in [0, 0.05) is 12.7 Å². The molecular weight excluding hydrogens is 202 g/mol. The van der Waals surface area contributed by atoms with Crippen molar-refractivity contribution >= 4 is 13.5 Å². The summed E-state index contributed by atoms with van der Waals surface area (Å²) in [5.74, 6) is -1.08. The first-order valence-corrected chi connectivity index (χ1v) is 7.47. The second-order valence-corrected chi connectivity index (χ2v) is 7.49. The lowest BCUT2D eigenvalue weighted by Crippen LogP contribution is -2.45. The fourth-order valence-corrected chi connectivity index (χ4v) is 3.20. The molecule has 0 amide bonds. The van der Waals surface area contributed by atoms with Crippen molar-refractivity contribution in [3.8, 4) is 0 Å². The summed E-state index contributed by atoms with van der Waals surface area (Å²) < 4.78 is 31.4. The van der Waals surface area contributed by atoms with Gasteiger partial charge in [0.05, 0.1) is 0 Å². The van der Waals surface area contributed by atoms with Crippen LogP contribution in [0.15, 0.2) is 18.2 Å². The number of hydrogen-bond donors (Lipinski definition) is 0. The topological polar surface area (TPSA) is 9.23 Å². The third-order valence-electron chi connectivity index (χ3n) is 2.06. The van der Waals surface area contributed by atoms with Crippen LogP contribution in [0.2, 0.25) is 13.1 Å². The Bertz CT molecular complexity index is 306. The molecular formula is C10H14F2OSi. The Hall–Kier alpha value is -0.743. The van der Waals surface area contributed by atoms with E-state index in [-0.39, 0.29) is 0 Å². The minimum absolute atomic E-state index is 0.541. The second-order valence-electron chi connectivity index (χ2n) is 3.60. The summed E-state index contributed by atoms with van der Waals surface area (Å²) in [5, 5.41) is 0.650. The molecule has 0 unspecified atom stereocenters. The Balaban J connectivity index is 3.05. The lowest BCUT2D eigenvalue weighted by atomic mass is 10.3. The normalized spacial score (nSPS) is 11.8. The van der Waals surface area contributed by atoms with Gasteiger partial charge in [-0.15, -0.1) is 0 Å². The summed E-state index contributed by atoms with van der Waals surface area (Å²) in [6.07, 6.45) is 0. The van der Waals surface area contributed by atoms with Gasteiger partial charge in [0.2, 0.25) is 8.32 Å². The maximum atomic E-state index is 12.9. The summed E-state index contributed by atoms with van der Waals surface area (Å²) >= 11 is 0. The molecule has 4 heteroatoms. The SMILES string of the molecule is CCO[Si](C)(C)c1cc(F)cc(F)c1. The predicted molar refractivity (Wildman–Crippen MR) is 55.1 cm³/mol. The molecule has 1 aromatic carbocycles. The van der Waals surface area contributed by atoms with Crippen molar-refractivity contribution in [3.05, 3.63) is 29.8 Å². The summed E-state index contributed by atoms with van der Waals surface area (Å²) in [6.45, 7) is 6.29. The van der Waals surface area contributed by atoms with Gasteiger partial charge in [0.15, 0.2) is 0 Å². The van der Waals surface area contributed by atoms with Crippen molar-refractivity contribution in [2.75, 3.05) is 6.61 Å². The molecule has 0 radical (unpaired) electrons. The van der Waals surface area contributed by atoms with Crippen molar-refractivity contribution < 1.29 is 13.2 Å². The van der Waals surface area contributed by atoms with Crippen LogP contribution in [0, 0.1) is 11.6 Å². The van der Waals surface area contributed by atoms with Crippen molar-refractivity contribution in [1.82, 2.24) is 0 Å². The highest BCUT2D eigenvalue weighted by Crippen LogP contribution is 2.08. The molecule has 0 N–H and O–H groups in total. The monoisotopic (exact) mass is 216 g/mol. The fraction of sp³-hybridized carbons (Fsp3) is 0.400. The van der Waals surface area contributed by atoms with Crippen LogP contribution in [0.25, 0.3) is 0 Å². The van der Waals surface area contributed by atoms with E-state index in [1.165, 1.54) is 12.1 Å². The van der Waals surface area contributed by atoms with E-state index in [1.807, 2.05) is 20.0 Å². The van der Waals surface area contributed by atoms with Gasteiger partial charge in [-0.2, -0.15) is 0 Å². The smallest absolute Gasteiger partial charge is 0.218 e. The maximum Gasteiger partial charge on any atom is 0.218 e. The van der Waals surface area contributed by atoms with E-state index in [9.17, 15) is 8.78 Å². The molecule has 0 heterocycles. The Morgan fingerprint density at radius 1 is 1.14 bits per heavy atom. The van der Waals surface area contributed by atoms with E-state index >= 15 is 0 Å². The van der Waals surface area contributed by atoms with Crippen molar-refractivity contribution in [2.24, 2.45) is 0 Å². The molecule has 0 aromatic heterocycles. The molecule has 0 aliphatic heterocycles. The van der Waals surface area contributed by atoms with E-state index in [1.54, 1.807) is 0 Å². The average molecular weight is 216 g/mol. The number of benzene rings is 1. The zero-order valence-electron chi connectivity index (χ0n) is 8.60. The Kier molecular flexibility index (Phi) is 3.39. The van der Waals surface area contributed by atoms with Gasteiger partial charge in [-0.3, -0.25) is 0 Å². The van der Waals surface area contributed by atoms with E-state index < -0.39 is 20.0 Å². The van der Waals surface area contributed by atoms with Crippen LogP contribution in [-0.2, 0) is 4.43 Å². The lowest BCUT2D eigenvalue weighted by Gasteiger charge is -2.22. The molecule has 0 aliphatic rings. The molecule has 0 bridgehead atoms. The van der Waals surface area contributed by atoms with Gasteiger partial charge in [-0.1, -0.05) is 0 Å². The molecule has 78 valence electrons. The fourth-order valence-electron chi connectivity index (χ4n) is 1.35. The van der Waals surface area contributed by atoms with Crippen molar-refractivity contribution in [1.29, 1.82) is 0 Å². The van der Waals surface area contributed by atoms with Crippen LogP contribution >= 0.6 is 0 Å². The summed E-state index contributed by atoms with van der Waals surface area (Å²) in [5.41, 5.74) is 0. The van der Waals surface area contributed by atoms with Crippen LogP contribution in [0.1, 0.15) is 6.92 Å². The average Bonchev–Trinajstić information content (AvgIpc) is 2.02. The molecule has 1 aromatic rings. The highest BCUT2D eigenvalue weighted by molar-refractivity contribution is 6.84. The van der Waals surface area contributed by atoms with Gasteiger partial charge < -0.3 is 4.43 Å². The summed E-state index contributed by atoms with van der Waals surface area (Å²) in [4.78, 5) is 0. The Morgan fingerprint density at radius 3 is 2.07 bits per heavy atom. The standard InChI is InChI=1S/C10H14F2OSi/c1-4-13-14(2,3)10-6-8(11)5-9(12)7-10/h5-7H,4H2,1-3H3. The summed E-state index contributed by atoms with van der Waals surface area (Å²) in [6, 6.07) is 3.58. The third kappa shape index (κ3) is 2.62. The quantitative estimate of drug-likeness (QED) is 0.705. The van der Waals surface area contributed by atoms with E-state index in [0.717, 1.165) is 6.07 Å². The van der Waals surface area contributed by atoms with Gasteiger partial charge in [0.1, 0.15) is 11.6 Å². The van der Waals surface area contributed by atoms with E-state index in [2.05, 4.69) is 0 Å². The molecule has 0 saturated heterocycles. The number of rotatable bonds is 3. The van der Waals surface area contributed by atoms with Gasteiger partial charge in [-0.25, -0.2) is 8.78 Å². The largest absolute Gasteiger partial charge is 0.413 e. The molecule has 14 heavy (non-hydrogen) atoms. The van der Waals surface area contributed by atoms with Crippen LogP contribution in [-0.4, -0.2) is 14.9 Å². The number of hydrogen-bond acceptors (Lipinski definition) is 1. The van der Waals surface area contributed by atoms with E-state index in [4.69, 9.17) is 4.43 Å². The van der Waals surface area contributed by atoms with Crippen LogP contribution in [0.3, 0.4) is 0 Å². The minimum atomic E-state index is -2.12. The first kappa shape index (κ1) is 11.3. The molecule has 0 atom stereocenters. The zero-order valence-corrected chi connectivity index (χ0v) is 9.60. The highest BCUT2D eigenvalue weighted by Gasteiger charge is 2.25. The highest BCUT2D eigenvalue weighted by atomic mass is 28.4. The van der Waals surface area contributed by atoms with Crippen LogP contribution in [0.4, 0.5) is 8.78 Å². The molecule has 0 fully saturated rings. The Labute approximate surface area is 83.8 Å². The molecule has 0 spiro atoms. The first-order chi connectivity index (χ1) is 6.45. The van der Waals surface area contributed by atoms with Crippen LogP contribution in [0.5, 0.6) is 0 Å². The minimum Gasteiger partial charge on any atom is -0.413 e. The lowest BCUT2D eigenvalue weighted by molar-refractivity contribution is 0.338. The molecule has 0 saturated carbocycles. The van der Waals surface area contributed by atoms with Gasteiger partial charge in [0.25, 0.3) is 0 Å². The van der Waals surface area contributed by atoms with Gasteiger partial charge in [-0.05, 0) is 37.3 Å². The van der Waals surface area contributed by atoms with E-state index in [0.29, 0.717) is 11.8 Å². The Morgan fingerprint density at radius 2 is 1.64 bits per heavy atom. The molecule has 1 nitrogen and oxygen atoms in total.